The summed E-state index contributed by atoms with van der Waals surface area (Å²) in [5.41, 5.74) is 0. The van der Waals surface area contributed by atoms with E-state index in [-0.39, 0.29) is 59.3 Å². The SMILES string of the molecule is CCCOC(=O)CC(=O)[CH2][Ti]([CH2]C(=O)CC(=O)OCCC)([O]C(C)C)[O]C(C)C. The van der Waals surface area contributed by atoms with Crippen LogP contribution in [0.1, 0.15) is 67.2 Å². The maximum absolute atomic E-state index is 12.5. The first-order valence-corrected chi connectivity index (χ1v) is 13.7. The normalized spacial score (nSPS) is 11.6. The van der Waals surface area contributed by atoms with E-state index in [9.17, 15) is 19.2 Å². The summed E-state index contributed by atoms with van der Waals surface area (Å²) in [6.07, 6.45) is 0.0154. The molecule has 168 valence electrons. The number of carbonyl (C=O) groups is 4. The fourth-order valence-corrected chi connectivity index (χ4v) is 8.45. The first kappa shape index (κ1) is 27.9. The van der Waals surface area contributed by atoms with Gasteiger partial charge in [0.2, 0.25) is 0 Å². The third-order valence-corrected chi connectivity index (χ3v) is 9.18. The minimum absolute atomic E-state index is 0.118. The number of carbonyl (C=O) groups excluding carboxylic acids is 4. The molecule has 0 saturated carbocycles. The molecule has 0 aliphatic carbocycles. The van der Waals surface area contributed by atoms with Gasteiger partial charge in [0.15, 0.2) is 0 Å². The third-order valence-electron chi connectivity index (χ3n) is 3.45. The summed E-state index contributed by atoms with van der Waals surface area (Å²) < 4.78 is 21.8. The standard InChI is InChI=1S/2C7H11O3.2C3H7O.Ti/c2*1-3-4-10-7(9)5-6(2)8;2*1-3(2)4;/h2*2-5H2,1H3;2*3H,1-2H3;/q;;2*-1;+2. The molecule has 0 aliphatic heterocycles. The Labute approximate surface area is 178 Å². The fraction of sp³-hybridized carbons (Fsp3) is 0.800. The van der Waals surface area contributed by atoms with E-state index in [0.717, 1.165) is 0 Å². The summed E-state index contributed by atoms with van der Waals surface area (Å²) in [6.45, 7) is 11.4. The Morgan fingerprint density at radius 3 is 1.31 bits per heavy atom. The Hall–Kier alpha value is -1.09. The second kappa shape index (κ2) is 14.8. The van der Waals surface area contributed by atoms with Gasteiger partial charge in [-0.2, -0.15) is 0 Å². The van der Waals surface area contributed by atoms with E-state index in [0.29, 0.717) is 12.8 Å². The van der Waals surface area contributed by atoms with Gasteiger partial charge in [-0.1, -0.05) is 0 Å². The Kier molecular flexibility index (Phi) is 14.3. The van der Waals surface area contributed by atoms with E-state index in [1.807, 2.05) is 13.8 Å². The molecule has 0 amide bonds. The number of rotatable bonds is 16. The molecule has 0 radical (unpaired) electrons. The first-order chi connectivity index (χ1) is 13.5. The van der Waals surface area contributed by atoms with Gasteiger partial charge in [0.25, 0.3) is 0 Å². The molecular formula is C20H36O8Ti. The molecule has 8 nitrogen and oxygen atoms in total. The Morgan fingerprint density at radius 2 is 1.03 bits per heavy atom. The summed E-state index contributed by atoms with van der Waals surface area (Å²) >= 11 is -3.99. The summed E-state index contributed by atoms with van der Waals surface area (Å²) in [5, 5.41) is 0. The number of ether oxygens (including phenoxy) is 2. The molecular weight excluding hydrogens is 416 g/mol. The van der Waals surface area contributed by atoms with Crippen molar-refractivity contribution in [2.75, 3.05) is 13.2 Å². The van der Waals surface area contributed by atoms with Crippen LogP contribution in [0.3, 0.4) is 0 Å². The molecule has 0 N–H and O–H groups in total. The van der Waals surface area contributed by atoms with Crippen LogP contribution in [0.25, 0.3) is 0 Å². The molecule has 29 heavy (non-hydrogen) atoms. The molecule has 0 aliphatic rings. The Morgan fingerprint density at radius 1 is 0.690 bits per heavy atom. The van der Waals surface area contributed by atoms with Gasteiger partial charge in [0.1, 0.15) is 0 Å². The molecule has 0 bridgehead atoms. The van der Waals surface area contributed by atoms with Crippen LogP contribution in [0.15, 0.2) is 0 Å². The van der Waals surface area contributed by atoms with Gasteiger partial charge < -0.3 is 0 Å². The number of ketones is 2. The average Bonchev–Trinajstić information content (AvgIpc) is 2.55. The van der Waals surface area contributed by atoms with E-state index in [4.69, 9.17) is 16.1 Å². The van der Waals surface area contributed by atoms with Crippen molar-refractivity contribution >= 4 is 23.5 Å². The third kappa shape index (κ3) is 13.7. The zero-order valence-corrected chi connectivity index (χ0v) is 20.1. The predicted octanol–water partition coefficient (Wildman–Crippen LogP) is 3.48. The molecule has 0 heterocycles. The zero-order chi connectivity index (χ0) is 22.4. The minimum atomic E-state index is -3.99. The van der Waals surface area contributed by atoms with Gasteiger partial charge in [-0.05, 0) is 0 Å². The van der Waals surface area contributed by atoms with E-state index in [1.165, 1.54) is 0 Å². The van der Waals surface area contributed by atoms with Gasteiger partial charge in [0, 0.05) is 0 Å². The second-order valence-corrected chi connectivity index (χ2v) is 12.2. The van der Waals surface area contributed by atoms with Crippen LogP contribution >= 0.6 is 0 Å². The summed E-state index contributed by atoms with van der Waals surface area (Å²) in [6, 6.07) is 0. The maximum atomic E-state index is 12.5. The van der Waals surface area contributed by atoms with Gasteiger partial charge in [0.05, 0.1) is 0 Å². The van der Waals surface area contributed by atoms with Crippen LogP contribution in [0.4, 0.5) is 0 Å². The summed E-state index contributed by atoms with van der Waals surface area (Å²) in [4.78, 5) is 48.6. The van der Waals surface area contributed by atoms with E-state index < -0.39 is 29.3 Å². The van der Waals surface area contributed by atoms with Crippen molar-refractivity contribution < 1.29 is 52.7 Å². The number of Topliss-reactive ketones (excluding diaryl/α,β-unsaturated/α-hetero) is 2. The van der Waals surface area contributed by atoms with Gasteiger partial charge in [-0.15, -0.1) is 0 Å². The van der Waals surface area contributed by atoms with Crippen LogP contribution < -0.4 is 0 Å². The summed E-state index contributed by atoms with van der Waals surface area (Å²) in [5.74, 6) is -1.96. The van der Waals surface area contributed by atoms with E-state index in [2.05, 4.69) is 0 Å². The monoisotopic (exact) mass is 452 g/mol. The van der Waals surface area contributed by atoms with Crippen molar-refractivity contribution in [3.05, 3.63) is 0 Å². The Balaban J connectivity index is 5.30. The van der Waals surface area contributed by atoms with Crippen LogP contribution in [0, 0.1) is 0 Å². The average molecular weight is 452 g/mol. The van der Waals surface area contributed by atoms with Crippen molar-refractivity contribution in [3.63, 3.8) is 0 Å². The van der Waals surface area contributed by atoms with Crippen molar-refractivity contribution in [2.45, 2.75) is 88.9 Å². The van der Waals surface area contributed by atoms with Crippen molar-refractivity contribution in [2.24, 2.45) is 0 Å². The molecule has 0 atom stereocenters. The van der Waals surface area contributed by atoms with Gasteiger partial charge in [-0.25, -0.2) is 0 Å². The van der Waals surface area contributed by atoms with Gasteiger partial charge in [-0.3, -0.25) is 0 Å². The number of hydrogen-bond acceptors (Lipinski definition) is 8. The van der Waals surface area contributed by atoms with Crippen LogP contribution in [-0.4, -0.2) is 48.9 Å². The van der Waals surface area contributed by atoms with E-state index >= 15 is 0 Å². The fourth-order valence-electron chi connectivity index (χ4n) is 2.70. The molecule has 0 aromatic rings. The van der Waals surface area contributed by atoms with Crippen molar-refractivity contribution in [3.8, 4) is 0 Å². The molecule has 0 unspecified atom stereocenters. The van der Waals surface area contributed by atoms with Crippen molar-refractivity contribution in [1.29, 1.82) is 0 Å². The van der Waals surface area contributed by atoms with Gasteiger partial charge >= 0.3 is 178 Å². The topological polar surface area (TPSA) is 105 Å². The number of esters is 2. The molecule has 0 fully saturated rings. The second-order valence-electron chi connectivity index (χ2n) is 7.47. The molecule has 0 saturated heterocycles. The quantitative estimate of drug-likeness (QED) is 0.199. The predicted molar refractivity (Wildman–Crippen MR) is 104 cm³/mol. The van der Waals surface area contributed by atoms with Crippen LogP contribution in [-0.2, 0) is 52.7 Å². The molecule has 0 aromatic heterocycles. The van der Waals surface area contributed by atoms with E-state index in [1.54, 1.807) is 27.7 Å². The zero-order valence-electron chi connectivity index (χ0n) is 18.6. The number of hydrogen-bond donors (Lipinski definition) is 0. The summed E-state index contributed by atoms with van der Waals surface area (Å²) in [7, 11) is 0. The Bertz CT molecular complexity index is 497. The van der Waals surface area contributed by atoms with Crippen LogP contribution in [0.5, 0.6) is 0 Å². The molecule has 0 aromatic carbocycles. The van der Waals surface area contributed by atoms with Crippen LogP contribution in [0.2, 0.25) is 9.45 Å². The molecule has 9 heteroatoms. The van der Waals surface area contributed by atoms with Crippen molar-refractivity contribution in [1.82, 2.24) is 0 Å². The first-order valence-electron chi connectivity index (χ1n) is 10.2. The molecule has 0 rings (SSSR count). The molecule has 0 spiro atoms.